The van der Waals surface area contributed by atoms with Gasteiger partial charge in [0, 0.05) is 5.56 Å². The van der Waals surface area contributed by atoms with Crippen LogP contribution in [-0.4, -0.2) is 28.6 Å². The lowest BCUT2D eigenvalue weighted by Crippen LogP contribution is -2.06. The first-order chi connectivity index (χ1) is 6.18. The first-order valence-electron chi connectivity index (χ1n) is 3.91. The minimum Gasteiger partial charge on any atom is -0.504 e. The van der Waals surface area contributed by atoms with E-state index in [1.807, 2.05) is 0 Å². The molecule has 1 aliphatic rings. The Hall–Kier alpha value is -1.55. The molecule has 1 heterocycles. The van der Waals surface area contributed by atoms with Crippen molar-refractivity contribution in [2.75, 3.05) is 6.61 Å². The molecule has 2 rings (SSSR count). The van der Waals surface area contributed by atoms with Crippen molar-refractivity contribution < 1.29 is 14.9 Å². The van der Waals surface area contributed by atoms with Gasteiger partial charge in [0.1, 0.15) is 6.10 Å². The number of rotatable bonds is 2. The fraction of sp³-hybridized carbons (Fsp3) is 0.222. The van der Waals surface area contributed by atoms with Crippen LogP contribution in [0.4, 0.5) is 0 Å². The lowest BCUT2D eigenvalue weighted by molar-refractivity contribution is 0.403. The second-order valence-electron chi connectivity index (χ2n) is 2.94. The van der Waals surface area contributed by atoms with Gasteiger partial charge in [-0.1, -0.05) is 0 Å². The fourth-order valence-electron chi connectivity index (χ4n) is 1.09. The van der Waals surface area contributed by atoms with Gasteiger partial charge in [-0.3, -0.25) is 0 Å². The average molecular weight is 179 g/mol. The molecular formula is C9H9NO3. The van der Waals surface area contributed by atoms with E-state index in [2.05, 4.69) is 0 Å². The number of phenolic OH excluding ortho intramolecular Hbond substituents is 2. The molecule has 1 fully saturated rings. The molecule has 1 saturated heterocycles. The average Bonchev–Trinajstić information content (AvgIpc) is 2.91. The van der Waals surface area contributed by atoms with Gasteiger partial charge in [-0.25, -0.2) is 0 Å². The van der Waals surface area contributed by atoms with E-state index >= 15 is 0 Å². The first-order valence-corrected chi connectivity index (χ1v) is 3.91. The molecule has 0 aromatic heterocycles. The lowest BCUT2D eigenvalue weighted by atomic mass is 10.1. The van der Waals surface area contributed by atoms with Gasteiger partial charge >= 0.3 is 0 Å². The minimum atomic E-state index is -0.206. The van der Waals surface area contributed by atoms with Crippen molar-refractivity contribution in [1.29, 1.82) is 5.41 Å². The third kappa shape index (κ3) is 1.48. The van der Waals surface area contributed by atoms with Gasteiger partial charge in [0.25, 0.3) is 0 Å². The monoisotopic (exact) mass is 179 g/mol. The van der Waals surface area contributed by atoms with E-state index in [4.69, 9.17) is 20.4 Å². The lowest BCUT2D eigenvalue weighted by Gasteiger charge is -2.02. The van der Waals surface area contributed by atoms with Crippen LogP contribution in [0.5, 0.6) is 11.5 Å². The van der Waals surface area contributed by atoms with Gasteiger partial charge < -0.3 is 20.4 Å². The Morgan fingerprint density at radius 1 is 1.38 bits per heavy atom. The van der Waals surface area contributed by atoms with E-state index < -0.39 is 0 Å². The van der Waals surface area contributed by atoms with Gasteiger partial charge in [-0.05, 0) is 18.2 Å². The molecule has 0 spiro atoms. The molecule has 1 aliphatic heterocycles. The minimum absolute atomic E-state index is 0.135. The number of benzene rings is 1. The predicted molar refractivity (Wildman–Crippen MR) is 46.3 cm³/mol. The summed E-state index contributed by atoms with van der Waals surface area (Å²) in [6.07, 6.45) is -0.135. The van der Waals surface area contributed by atoms with E-state index in [1.165, 1.54) is 12.1 Å². The molecule has 0 radical (unpaired) electrons. The molecule has 1 unspecified atom stereocenters. The Bertz CT molecular complexity index is 358. The highest BCUT2D eigenvalue weighted by Gasteiger charge is 2.28. The van der Waals surface area contributed by atoms with Crippen molar-refractivity contribution in [3.63, 3.8) is 0 Å². The number of epoxide rings is 1. The van der Waals surface area contributed by atoms with Gasteiger partial charge in [0.05, 0.1) is 12.3 Å². The van der Waals surface area contributed by atoms with Gasteiger partial charge in [-0.15, -0.1) is 0 Å². The predicted octanol–water partition coefficient (Wildman–Crippen LogP) is 0.864. The second kappa shape index (κ2) is 2.74. The third-order valence-electron chi connectivity index (χ3n) is 1.94. The van der Waals surface area contributed by atoms with Crippen molar-refractivity contribution in [2.45, 2.75) is 6.10 Å². The van der Waals surface area contributed by atoms with E-state index in [0.29, 0.717) is 17.9 Å². The number of nitrogens with one attached hydrogen (secondary N) is 1. The number of hydrogen-bond acceptors (Lipinski definition) is 4. The smallest absolute Gasteiger partial charge is 0.158 e. The topological polar surface area (TPSA) is 76.8 Å². The molecule has 1 aromatic carbocycles. The number of ether oxygens (including phenoxy) is 1. The largest absolute Gasteiger partial charge is 0.504 e. The molecule has 4 nitrogen and oxygen atoms in total. The summed E-state index contributed by atoms with van der Waals surface area (Å²) in [7, 11) is 0. The van der Waals surface area contributed by atoms with Gasteiger partial charge in [-0.2, -0.15) is 0 Å². The quantitative estimate of drug-likeness (QED) is 0.358. The zero-order valence-electron chi connectivity index (χ0n) is 6.82. The molecule has 4 heteroatoms. The van der Waals surface area contributed by atoms with E-state index in [9.17, 15) is 0 Å². The zero-order chi connectivity index (χ0) is 9.42. The van der Waals surface area contributed by atoms with Crippen LogP contribution in [0.15, 0.2) is 18.2 Å². The van der Waals surface area contributed by atoms with Gasteiger partial charge in [0.15, 0.2) is 11.5 Å². The van der Waals surface area contributed by atoms with Crippen LogP contribution in [0, 0.1) is 5.41 Å². The molecule has 0 aliphatic carbocycles. The van der Waals surface area contributed by atoms with Gasteiger partial charge in [0.2, 0.25) is 0 Å². The fourth-order valence-corrected chi connectivity index (χ4v) is 1.09. The zero-order valence-corrected chi connectivity index (χ0v) is 6.82. The van der Waals surface area contributed by atoms with Crippen LogP contribution in [-0.2, 0) is 4.74 Å². The van der Waals surface area contributed by atoms with Crippen LogP contribution < -0.4 is 0 Å². The van der Waals surface area contributed by atoms with Crippen molar-refractivity contribution >= 4 is 5.71 Å². The van der Waals surface area contributed by atoms with Crippen molar-refractivity contribution in [1.82, 2.24) is 0 Å². The highest BCUT2D eigenvalue weighted by atomic mass is 16.6. The van der Waals surface area contributed by atoms with Crippen molar-refractivity contribution in [3.8, 4) is 11.5 Å². The summed E-state index contributed by atoms with van der Waals surface area (Å²) in [5, 5.41) is 25.8. The SMILES string of the molecule is N=C(c1ccc(O)c(O)c1)C1CO1. The maximum Gasteiger partial charge on any atom is 0.158 e. The Morgan fingerprint density at radius 3 is 2.62 bits per heavy atom. The van der Waals surface area contributed by atoms with Crippen molar-refractivity contribution in [2.24, 2.45) is 0 Å². The molecule has 0 bridgehead atoms. The Morgan fingerprint density at radius 2 is 2.08 bits per heavy atom. The summed E-state index contributed by atoms with van der Waals surface area (Å²) in [6, 6.07) is 4.31. The summed E-state index contributed by atoms with van der Waals surface area (Å²) in [5.74, 6) is -0.379. The molecule has 3 N–H and O–H groups in total. The summed E-state index contributed by atoms with van der Waals surface area (Å²) < 4.78 is 4.93. The summed E-state index contributed by atoms with van der Waals surface area (Å²) in [6.45, 7) is 0.570. The van der Waals surface area contributed by atoms with E-state index in [1.54, 1.807) is 6.07 Å². The van der Waals surface area contributed by atoms with Crippen LogP contribution in [0.1, 0.15) is 5.56 Å². The molecule has 0 amide bonds. The summed E-state index contributed by atoms with van der Waals surface area (Å²) >= 11 is 0. The number of phenols is 2. The summed E-state index contributed by atoms with van der Waals surface area (Å²) in [5.41, 5.74) is 0.924. The van der Waals surface area contributed by atoms with Crippen LogP contribution >= 0.6 is 0 Å². The number of aromatic hydroxyl groups is 2. The normalized spacial score (nSPS) is 19.8. The Balaban J connectivity index is 2.30. The first kappa shape index (κ1) is 8.07. The van der Waals surface area contributed by atoms with Crippen molar-refractivity contribution in [3.05, 3.63) is 23.8 Å². The van der Waals surface area contributed by atoms with E-state index in [-0.39, 0.29) is 17.6 Å². The van der Waals surface area contributed by atoms with E-state index in [0.717, 1.165) is 0 Å². The Kier molecular flexibility index (Phi) is 1.70. The Labute approximate surface area is 74.9 Å². The molecule has 13 heavy (non-hydrogen) atoms. The van der Waals surface area contributed by atoms with Crippen LogP contribution in [0.25, 0.3) is 0 Å². The third-order valence-corrected chi connectivity index (χ3v) is 1.94. The van der Waals surface area contributed by atoms with Crippen LogP contribution in [0.3, 0.4) is 0 Å². The molecule has 0 saturated carbocycles. The molecular weight excluding hydrogens is 170 g/mol. The molecule has 1 atom stereocenters. The number of hydrogen-bond donors (Lipinski definition) is 3. The highest BCUT2D eigenvalue weighted by molar-refractivity contribution is 6.03. The maximum absolute atomic E-state index is 9.16. The van der Waals surface area contributed by atoms with Crippen LogP contribution in [0.2, 0.25) is 0 Å². The maximum atomic E-state index is 9.16. The molecule has 68 valence electrons. The summed E-state index contributed by atoms with van der Waals surface area (Å²) in [4.78, 5) is 0. The highest BCUT2D eigenvalue weighted by Crippen LogP contribution is 2.27. The standard InChI is InChI=1S/C9H9NO3/c10-9(8-4-13-8)5-1-2-6(11)7(12)3-5/h1-3,8,10-12H,4H2. The second-order valence-corrected chi connectivity index (χ2v) is 2.94. The molecule has 1 aromatic rings.